The average molecular weight is 293 g/mol. The minimum absolute atomic E-state index is 0.138. The number of benzene rings is 1. The van der Waals surface area contributed by atoms with Gasteiger partial charge in [0.05, 0.1) is 18.4 Å². The second-order valence-electron chi connectivity index (χ2n) is 5.02. The van der Waals surface area contributed by atoms with E-state index in [0.717, 1.165) is 11.3 Å². The second kappa shape index (κ2) is 7.08. The van der Waals surface area contributed by atoms with Gasteiger partial charge in [-0.1, -0.05) is 18.2 Å². The quantitative estimate of drug-likeness (QED) is 0.812. The number of rotatable bonds is 6. The van der Waals surface area contributed by atoms with Crippen molar-refractivity contribution >= 4 is 11.9 Å². The van der Waals surface area contributed by atoms with Crippen molar-refractivity contribution in [1.29, 1.82) is 0 Å². The van der Waals surface area contributed by atoms with Crippen molar-refractivity contribution in [2.45, 2.75) is 18.9 Å². The number of amides is 1. The molecular formula is C15H19NO5. The smallest absolute Gasteiger partial charge is 0.306 e. The lowest BCUT2D eigenvalue weighted by Crippen LogP contribution is -2.41. The summed E-state index contributed by atoms with van der Waals surface area (Å²) < 4.78 is 10.6. The summed E-state index contributed by atoms with van der Waals surface area (Å²) >= 11 is 0. The van der Waals surface area contributed by atoms with Gasteiger partial charge in [0, 0.05) is 13.7 Å². The summed E-state index contributed by atoms with van der Waals surface area (Å²) in [7, 11) is 1.43. The first-order chi connectivity index (χ1) is 10.1. The maximum atomic E-state index is 12.1. The number of aliphatic carboxylic acids is 1. The van der Waals surface area contributed by atoms with Gasteiger partial charge in [-0.2, -0.15) is 0 Å². The molecule has 1 aliphatic rings. The summed E-state index contributed by atoms with van der Waals surface area (Å²) in [5, 5.41) is 11.5. The Bertz CT molecular complexity index is 517. The average Bonchev–Trinajstić information content (AvgIpc) is 2.50. The van der Waals surface area contributed by atoms with E-state index in [9.17, 15) is 9.59 Å². The van der Waals surface area contributed by atoms with Gasteiger partial charge < -0.3 is 19.9 Å². The number of para-hydroxylation sites is 1. The van der Waals surface area contributed by atoms with Crippen molar-refractivity contribution in [1.82, 2.24) is 5.32 Å². The Kier molecular flexibility index (Phi) is 5.16. The summed E-state index contributed by atoms with van der Waals surface area (Å²) in [4.78, 5) is 22.8. The second-order valence-corrected chi connectivity index (χ2v) is 5.02. The molecule has 0 spiro atoms. The highest BCUT2D eigenvalue weighted by Crippen LogP contribution is 2.26. The summed E-state index contributed by atoms with van der Waals surface area (Å²) in [5.74, 6) is -0.535. The van der Waals surface area contributed by atoms with E-state index in [2.05, 4.69) is 5.32 Å². The highest BCUT2D eigenvalue weighted by Gasteiger charge is 2.26. The molecule has 0 radical (unpaired) electrons. The third-order valence-corrected chi connectivity index (χ3v) is 3.49. The Hall–Kier alpha value is -2.08. The van der Waals surface area contributed by atoms with Gasteiger partial charge in [-0.25, -0.2) is 0 Å². The molecule has 1 aliphatic heterocycles. The van der Waals surface area contributed by atoms with Gasteiger partial charge in [0.1, 0.15) is 12.4 Å². The molecule has 0 saturated carbocycles. The van der Waals surface area contributed by atoms with E-state index >= 15 is 0 Å². The number of hydrogen-bond acceptors (Lipinski definition) is 4. The number of carbonyl (C=O) groups is 2. The molecular weight excluding hydrogens is 274 g/mol. The van der Waals surface area contributed by atoms with Gasteiger partial charge in [0.15, 0.2) is 0 Å². The van der Waals surface area contributed by atoms with Gasteiger partial charge in [0.2, 0.25) is 5.91 Å². The standard InChI is InChI=1S/C15H19NO5/c1-20-12(7-14(17)18)8-16-15(19)11-6-10-4-2-3-5-13(10)21-9-11/h2-5,11-12H,6-9H2,1H3,(H,16,19)(H,17,18). The van der Waals surface area contributed by atoms with Gasteiger partial charge in [0.25, 0.3) is 0 Å². The van der Waals surface area contributed by atoms with Gasteiger partial charge in [-0.05, 0) is 18.1 Å². The predicted octanol–water partition coefficient (Wildman–Crippen LogP) is 0.844. The molecule has 2 N–H and O–H groups in total. The molecule has 21 heavy (non-hydrogen) atoms. The summed E-state index contributed by atoms with van der Waals surface area (Å²) in [6.45, 7) is 0.513. The first-order valence-corrected chi connectivity index (χ1v) is 6.83. The van der Waals surface area contributed by atoms with Crippen molar-refractivity contribution in [3.8, 4) is 5.75 Å². The molecule has 1 amide bonds. The van der Waals surface area contributed by atoms with Crippen LogP contribution >= 0.6 is 0 Å². The lowest BCUT2D eigenvalue weighted by Gasteiger charge is -2.25. The van der Waals surface area contributed by atoms with Crippen LogP contribution in [0.1, 0.15) is 12.0 Å². The fourth-order valence-corrected chi connectivity index (χ4v) is 2.29. The van der Waals surface area contributed by atoms with Crippen LogP contribution in [0.5, 0.6) is 5.75 Å². The summed E-state index contributed by atoms with van der Waals surface area (Å²) in [6.07, 6.45) is -0.0393. The van der Waals surface area contributed by atoms with E-state index in [-0.39, 0.29) is 24.8 Å². The lowest BCUT2D eigenvalue weighted by atomic mass is 9.96. The maximum absolute atomic E-state index is 12.1. The Labute approximate surface area is 123 Å². The first kappa shape index (κ1) is 15.3. The van der Waals surface area contributed by atoms with Crippen molar-refractivity contribution in [3.63, 3.8) is 0 Å². The van der Waals surface area contributed by atoms with Crippen LogP contribution in [0, 0.1) is 5.92 Å². The number of hydrogen-bond donors (Lipinski definition) is 2. The van der Waals surface area contributed by atoms with E-state index in [4.69, 9.17) is 14.6 Å². The molecule has 1 aromatic rings. The van der Waals surface area contributed by atoms with Gasteiger partial charge >= 0.3 is 5.97 Å². The molecule has 6 heteroatoms. The molecule has 1 heterocycles. The van der Waals surface area contributed by atoms with Crippen LogP contribution in [-0.4, -0.2) is 43.3 Å². The predicted molar refractivity (Wildman–Crippen MR) is 75.2 cm³/mol. The fourth-order valence-electron chi connectivity index (χ4n) is 2.29. The van der Waals surface area contributed by atoms with Crippen LogP contribution in [-0.2, 0) is 20.7 Å². The number of ether oxygens (including phenoxy) is 2. The molecule has 114 valence electrons. The molecule has 2 unspecified atom stereocenters. The fraction of sp³-hybridized carbons (Fsp3) is 0.467. The number of nitrogens with one attached hydrogen (secondary N) is 1. The third-order valence-electron chi connectivity index (χ3n) is 3.49. The van der Waals surface area contributed by atoms with Gasteiger partial charge in [-0.15, -0.1) is 0 Å². The Morgan fingerprint density at radius 1 is 1.48 bits per heavy atom. The van der Waals surface area contributed by atoms with Crippen molar-refractivity contribution < 1.29 is 24.2 Å². The molecule has 0 aromatic heterocycles. The monoisotopic (exact) mass is 293 g/mol. The van der Waals surface area contributed by atoms with E-state index < -0.39 is 12.1 Å². The Morgan fingerprint density at radius 2 is 2.24 bits per heavy atom. The molecule has 0 saturated heterocycles. The largest absolute Gasteiger partial charge is 0.492 e. The zero-order chi connectivity index (χ0) is 15.2. The topological polar surface area (TPSA) is 84.9 Å². The summed E-state index contributed by atoms with van der Waals surface area (Å²) in [5.41, 5.74) is 1.01. The minimum atomic E-state index is -0.953. The molecule has 2 rings (SSSR count). The van der Waals surface area contributed by atoms with Crippen LogP contribution in [0.15, 0.2) is 24.3 Å². The molecule has 6 nitrogen and oxygen atoms in total. The number of fused-ring (bicyclic) bond motifs is 1. The highest BCUT2D eigenvalue weighted by molar-refractivity contribution is 5.79. The lowest BCUT2D eigenvalue weighted by molar-refractivity contribution is -0.140. The van der Waals surface area contributed by atoms with Crippen LogP contribution in [0.2, 0.25) is 0 Å². The van der Waals surface area contributed by atoms with Crippen molar-refractivity contribution in [2.24, 2.45) is 5.92 Å². The maximum Gasteiger partial charge on any atom is 0.306 e. The van der Waals surface area contributed by atoms with E-state index in [0.29, 0.717) is 13.0 Å². The normalized spacial score (nSPS) is 18.2. The summed E-state index contributed by atoms with van der Waals surface area (Å²) in [6, 6.07) is 7.64. The first-order valence-electron chi connectivity index (χ1n) is 6.83. The van der Waals surface area contributed by atoms with E-state index in [1.165, 1.54) is 7.11 Å². The van der Waals surface area contributed by atoms with Crippen molar-refractivity contribution in [3.05, 3.63) is 29.8 Å². The van der Waals surface area contributed by atoms with E-state index in [1.54, 1.807) is 0 Å². The molecule has 2 atom stereocenters. The van der Waals surface area contributed by atoms with Gasteiger partial charge in [-0.3, -0.25) is 9.59 Å². The van der Waals surface area contributed by atoms with Crippen LogP contribution in [0.25, 0.3) is 0 Å². The SMILES string of the molecule is COC(CNC(=O)C1COc2ccccc2C1)CC(=O)O. The van der Waals surface area contributed by atoms with Crippen LogP contribution in [0.4, 0.5) is 0 Å². The number of methoxy groups -OCH3 is 1. The Morgan fingerprint density at radius 3 is 2.95 bits per heavy atom. The molecule has 1 aromatic carbocycles. The van der Waals surface area contributed by atoms with Crippen LogP contribution < -0.4 is 10.1 Å². The molecule has 0 aliphatic carbocycles. The number of carbonyl (C=O) groups excluding carboxylic acids is 1. The zero-order valence-electron chi connectivity index (χ0n) is 11.9. The highest BCUT2D eigenvalue weighted by atomic mass is 16.5. The van der Waals surface area contributed by atoms with Crippen LogP contribution in [0.3, 0.4) is 0 Å². The van der Waals surface area contributed by atoms with Crippen molar-refractivity contribution in [2.75, 3.05) is 20.3 Å². The third kappa shape index (κ3) is 4.19. The zero-order valence-corrected chi connectivity index (χ0v) is 11.9. The number of carboxylic acid groups (broad SMARTS) is 1. The number of carboxylic acids is 1. The molecule has 0 bridgehead atoms. The Balaban J connectivity index is 1.86. The molecule has 0 fully saturated rings. The minimum Gasteiger partial charge on any atom is -0.492 e. The van der Waals surface area contributed by atoms with E-state index in [1.807, 2.05) is 24.3 Å².